The topological polar surface area (TPSA) is 82.2 Å². The van der Waals surface area contributed by atoms with Gasteiger partial charge in [0.1, 0.15) is 5.69 Å². The Morgan fingerprint density at radius 2 is 1.36 bits per heavy atom. The zero-order valence-corrected chi connectivity index (χ0v) is 14.5. The van der Waals surface area contributed by atoms with Gasteiger partial charge >= 0.3 is 0 Å². The molecule has 0 amide bonds. The molecule has 0 N–H and O–H groups in total. The fourth-order valence-electron chi connectivity index (χ4n) is 3.89. The number of carbonyl (C=O) groups is 1. The van der Waals surface area contributed by atoms with E-state index in [0.29, 0.717) is 33.2 Å². The number of nitro groups is 1. The summed E-state index contributed by atoms with van der Waals surface area (Å²) in [6.45, 7) is 0. The molecule has 0 radical (unpaired) electrons. The predicted octanol–water partition coefficient (Wildman–Crippen LogP) is 4.11. The molecule has 4 aromatic rings. The van der Waals surface area contributed by atoms with E-state index in [-0.39, 0.29) is 17.2 Å². The predicted molar refractivity (Wildman–Crippen MR) is 105 cm³/mol. The highest BCUT2D eigenvalue weighted by atomic mass is 16.6. The Morgan fingerprint density at radius 3 is 2.11 bits per heavy atom. The van der Waals surface area contributed by atoms with Crippen LogP contribution in [0.15, 0.2) is 77.6 Å². The van der Waals surface area contributed by atoms with Gasteiger partial charge in [0, 0.05) is 28.0 Å². The summed E-state index contributed by atoms with van der Waals surface area (Å²) >= 11 is 0. The maximum atomic E-state index is 13.4. The number of rotatable bonds is 2. The molecule has 0 atom stereocenters. The molecular weight excluding hydrogens is 356 g/mol. The summed E-state index contributed by atoms with van der Waals surface area (Å²) in [6.07, 6.45) is 0. The number of nitro benzene ring substituents is 1. The highest BCUT2D eigenvalue weighted by Gasteiger charge is 2.34. The van der Waals surface area contributed by atoms with Gasteiger partial charge in [-0.2, -0.15) is 0 Å². The molecule has 0 spiro atoms. The van der Waals surface area contributed by atoms with Crippen LogP contribution >= 0.6 is 0 Å². The molecule has 3 aromatic carbocycles. The summed E-state index contributed by atoms with van der Waals surface area (Å²) in [5, 5.41) is 12.5. The highest BCUT2D eigenvalue weighted by Crippen LogP contribution is 2.41. The third kappa shape index (κ3) is 2.02. The molecule has 6 nitrogen and oxygen atoms in total. The van der Waals surface area contributed by atoms with Gasteiger partial charge in [-0.15, -0.1) is 0 Å². The van der Waals surface area contributed by atoms with Crippen LogP contribution in [0.5, 0.6) is 0 Å². The van der Waals surface area contributed by atoms with Crippen LogP contribution in [-0.4, -0.2) is 15.3 Å². The Morgan fingerprint density at radius 1 is 0.750 bits per heavy atom. The van der Waals surface area contributed by atoms with Crippen LogP contribution in [0.3, 0.4) is 0 Å². The van der Waals surface area contributed by atoms with Crippen molar-refractivity contribution in [2.24, 2.45) is 0 Å². The smallest absolute Gasteiger partial charge is 0.288 e. The van der Waals surface area contributed by atoms with Crippen molar-refractivity contribution >= 4 is 22.2 Å². The first-order valence-corrected chi connectivity index (χ1v) is 8.65. The molecule has 5 rings (SSSR count). The monoisotopic (exact) mass is 368 g/mol. The Bertz CT molecular complexity index is 1390. The van der Waals surface area contributed by atoms with Gasteiger partial charge in [-0.25, -0.2) is 0 Å². The average Bonchev–Trinajstić information content (AvgIpc) is 3.02. The minimum atomic E-state index is -0.522. The first-order valence-electron chi connectivity index (χ1n) is 8.65. The second kappa shape index (κ2) is 5.72. The molecule has 0 saturated carbocycles. The summed E-state index contributed by atoms with van der Waals surface area (Å²) < 4.78 is 1.31. The van der Waals surface area contributed by atoms with Crippen molar-refractivity contribution in [3.63, 3.8) is 0 Å². The van der Waals surface area contributed by atoms with Crippen molar-refractivity contribution in [1.29, 1.82) is 0 Å². The van der Waals surface area contributed by atoms with Crippen molar-refractivity contribution in [3.05, 3.63) is 104 Å². The van der Waals surface area contributed by atoms with E-state index in [2.05, 4.69) is 0 Å². The van der Waals surface area contributed by atoms with Crippen LogP contribution in [0.25, 0.3) is 27.7 Å². The van der Waals surface area contributed by atoms with Gasteiger partial charge in [0.25, 0.3) is 11.2 Å². The molecule has 6 heteroatoms. The molecule has 1 aliphatic rings. The number of pyridine rings is 1. The summed E-state index contributed by atoms with van der Waals surface area (Å²) in [5.74, 6) is -0.186. The lowest BCUT2D eigenvalue weighted by Gasteiger charge is -2.15. The van der Waals surface area contributed by atoms with E-state index in [0.717, 1.165) is 0 Å². The minimum absolute atomic E-state index is 0.143. The number of benzene rings is 3. The Labute approximate surface area is 158 Å². The van der Waals surface area contributed by atoms with Crippen molar-refractivity contribution in [2.45, 2.75) is 0 Å². The fourth-order valence-corrected chi connectivity index (χ4v) is 3.89. The van der Waals surface area contributed by atoms with Crippen molar-refractivity contribution in [1.82, 2.24) is 4.57 Å². The summed E-state index contributed by atoms with van der Waals surface area (Å²) in [7, 11) is 0. The Balaban J connectivity index is 2.05. The van der Waals surface area contributed by atoms with Gasteiger partial charge < -0.3 is 0 Å². The summed E-state index contributed by atoms with van der Waals surface area (Å²) in [4.78, 5) is 37.7. The Kier molecular flexibility index (Phi) is 3.30. The van der Waals surface area contributed by atoms with Gasteiger partial charge in [0.2, 0.25) is 0 Å². The number of hydrogen-bond acceptors (Lipinski definition) is 4. The number of nitrogens with zero attached hydrogens (tertiary/aromatic N) is 2. The van der Waals surface area contributed by atoms with E-state index in [9.17, 15) is 19.7 Å². The van der Waals surface area contributed by atoms with Gasteiger partial charge in [-0.3, -0.25) is 24.3 Å². The van der Waals surface area contributed by atoms with Gasteiger partial charge in [-0.05, 0) is 12.1 Å². The van der Waals surface area contributed by atoms with Crippen molar-refractivity contribution in [2.75, 3.05) is 0 Å². The first kappa shape index (κ1) is 16.1. The van der Waals surface area contributed by atoms with E-state index in [4.69, 9.17) is 0 Å². The zero-order valence-electron chi connectivity index (χ0n) is 14.5. The lowest BCUT2D eigenvalue weighted by atomic mass is 10.0. The zero-order chi connectivity index (χ0) is 19.4. The average molecular weight is 368 g/mol. The van der Waals surface area contributed by atoms with Gasteiger partial charge in [0.15, 0.2) is 5.78 Å². The standard InChI is InChI=1S/C22H12N2O4/c25-21-15-9-3-2-8-14(15)20-19(21)13-7-1-4-10-16(13)22(26)23(20)17-11-5-6-12-18(17)24(27)28/h1-12H. The maximum absolute atomic E-state index is 13.4. The number of ketones is 1. The molecule has 1 aromatic heterocycles. The molecule has 0 unspecified atom stereocenters. The van der Waals surface area contributed by atoms with E-state index in [1.165, 1.54) is 16.7 Å². The SMILES string of the molecule is O=C1c2ccccc2-c2c1c1ccccc1c(=O)n2-c1ccccc1[N+](=O)[O-]. The molecule has 1 heterocycles. The quantitative estimate of drug-likeness (QED) is 0.347. The molecule has 134 valence electrons. The van der Waals surface area contributed by atoms with Crippen LogP contribution in [0, 0.1) is 10.1 Å². The first-order chi connectivity index (χ1) is 13.6. The van der Waals surface area contributed by atoms with Gasteiger partial charge in [-0.1, -0.05) is 54.6 Å². The molecule has 0 saturated heterocycles. The molecule has 0 aliphatic heterocycles. The number of para-hydroxylation sites is 2. The van der Waals surface area contributed by atoms with E-state index in [1.54, 1.807) is 60.7 Å². The lowest BCUT2D eigenvalue weighted by Crippen LogP contribution is -2.22. The van der Waals surface area contributed by atoms with Crippen molar-refractivity contribution in [3.8, 4) is 16.9 Å². The van der Waals surface area contributed by atoms with Crippen molar-refractivity contribution < 1.29 is 9.72 Å². The highest BCUT2D eigenvalue weighted by molar-refractivity contribution is 6.26. The van der Waals surface area contributed by atoms with Crippen LogP contribution in [-0.2, 0) is 0 Å². The van der Waals surface area contributed by atoms with Crippen LogP contribution in [0.4, 0.5) is 5.69 Å². The molecule has 0 bridgehead atoms. The molecule has 1 aliphatic carbocycles. The fraction of sp³-hybridized carbons (Fsp3) is 0. The number of hydrogen-bond donors (Lipinski definition) is 0. The van der Waals surface area contributed by atoms with Crippen LogP contribution < -0.4 is 5.56 Å². The second-order valence-electron chi connectivity index (χ2n) is 6.53. The molecule has 28 heavy (non-hydrogen) atoms. The lowest BCUT2D eigenvalue weighted by molar-refractivity contribution is -0.384. The third-order valence-corrected chi connectivity index (χ3v) is 5.06. The van der Waals surface area contributed by atoms with Crippen LogP contribution in [0.2, 0.25) is 0 Å². The summed E-state index contributed by atoms with van der Waals surface area (Å²) in [5.41, 5.74) is 1.44. The molecular formula is C22H12N2O4. The maximum Gasteiger partial charge on any atom is 0.293 e. The van der Waals surface area contributed by atoms with Crippen LogP contribution in [0.1, 0.15) is 15.9 Å². The largest absolute Gasteiger partial charge is 0.293 e. The van der Waals surface area contributed by atoms with E-state index >= 15 is 0 Å². The second-order valence-corrected chi connectivity index (χ2v) is 6.53. The van der Waals surface area contributed by atoms with Gasteiger partial charge in [0.05, 0.1) is 16.2 Å². The molecule has 0 fully saturated rings. The number of carbonyl (C=O) groups excluding carboxylic acids is 1. The number of aromatic nitrogens is 1. The third-order valence-electron chi connectivity index (χ3n) is 5.06. The number of fused-ring (bicyclic) bond motifs is 5. The summed E-state index contributed by atoms with van der Waals surface area (Å²) in [6, 6.07) is 19.9. The minimum Gasteiger partial charge on any atom is -0.288 e. The van der Waals surface area contributed by atoms with E-state index in [1.807, 2.05) is 0 Å². The normalized spacial score (nSPS) is 12.1. The Hall–Kier alpha value is -4.06. The van der Waals surface area contributed by atoms with E-state index < -0.39 is 10.5 Å².